The molecule has 128 valence electrons. The molecule has 0 radical (unpaired) electrons. The van der Waals surface area contributed by atoms with E-state index < -0.39 is 9.84 Å². The van der Waals surface area contributed by atoms with Gasteiger partial charge in [-0.05, 0) is 54.6 Å². The second-order valence-electron chi connectivity index (χ2n) is 6.02. The highest BCUT2D eigenvalue weighted by atomic mass is 79.9. The summed E-state index contributed by atoms with van der Waals surface area (Å²) in [6.07, 6.45) is 0.509. The van der Waals surface area contributed by atoms with Crippen molar-refractivity contribution >= 4 is 43.0 Å². The number of carbonyl (C=O) groups is 1. The first-order valence-electron chi connectivity index (χ1n) is 7.66. The molecule has 0 bridgehead atoms. The van der Waals surface area contributed by atoms with E-state index >= 15 is 0 Å². The first-order valence-corrected chi connectivity index (χ1v) is 11.1. The second kappa shape index (κ2) is 6.98. The zero-order chi connectivity index (χ0) is 17.3. The maximum Gasteiger partial charge on any atom is 0.254 e. The molecule has 0 unspecified atom stereocenters. The van der Waals surface area contributed by atoms with Crippen LogP contribution in [0.25, 0.3) is 0 Å². The number of amides is 1. The van der Waals surface area contributed by atoms with Crippen molar-refractivity contribution in [1.82, 2.24) is 4.90 Å². The monoisotopic (exact) mass is 427 g/mol. The van der Waals surface area contributed by atoms with Gasteiger partial charge in [0, 0.05) is 21.0 Å². The molecule has 1 aromatic heterocycles. The van der Waals surface area contributed by atoms with Gasteiger partial charge >= 0.3 is 0 Å². The van der Waals surface area contributed by atoms with Gasteiger partial charge in [0.2, 0.25) is 0 Å². The number of hydrogen-bond donors (Lipinski definition) is 0. The molecule has 24 heavy (non-hydrogen) atoms. The third-order valence-electron chi connectivity index (χ3n) is 4.28. The third-order valence-corrected chi connectivity index (χ3v) is 7.57. The number of carbonyl (C=O) groups excluding carboxylic acids is 1. The van der Waals surface area contributed by atoms with E-state index in [0.29, 0.717) is 18.5 Å². The maximum atomic E-state index is 13.0. The van der Waals surface area contributed by atoms with E-state index in [1.54, 1.807) is 28.4 Å². The van der Waals surface area contributed by atoms with Crippen molar-refractivity contribution in [2.45, 2.75) is 25.9 Å². The van der Waals surface area contributed by atoms with Crippen LogP contribution in [-0.4, -0.2) is 36.8 Å². The lowest BCUT2D eigenvalue weighted by Gasteiger charge is -2.28. The smallest absolute Gasteiger partial charge is 0.254 e. The average Bonchev–Trinajstić information content (AvgIpc) is 3.10. The Morgan fingerprint density at radius 1 is 1.29 bits per heavy atom. The highest BCUT2D eigenvalue weighted by Gasteiger charge is 2.35. The lowest BCUT2D eigenvalue weighted by atomic mass is 10.1. The van der Waals surface area contributed by atoms with Gasteiger partial charge in [-0.15, -0.1) is 11.3 Å². The fourth-order valence-corrected chi connectivity index (χ4v) is 5.77. The molecular weight excluding hydrogens is 410 g/mol. The standard InChI is InChI=1S/C17H18BrNO3S2/c1-12-6-8-23-16(12)10-19(15-7-9-24(21,22)11-15)17(20)13-2-4-14(18)5-3-13/h2-6,8,15H,7,9-11H2,1H3/t15-/m0/s1. The molecule has 1 aliphatic heterocycles. The summed E-state index contributed by atoms with van der Waals surface area (Å²) in [6.45, 7) is 2.47. The topological polar surface area (TPSA) is 54.5 Å². The first kappa shape index (κ1) is 17.6. The minimum atomic E-state index is -3.05. The first-order chi connectivity index (χ1) is 11.4. The van der Waals surface area contributed by atoms with Crippen molar-refractivity contribution in [2.24, 2.45) is 0 Å². The van der Waals surface area contributed by atoms with Gasteiger partial charge in [-0.2, -0.15) is 0 Å². The third kappa shape index (κ3) is 3.90. The zero-order valence-electron chi connectivity index (χ0n) is 13.2. The number of thiophene rings is 1. The summed E-state index contributed by atoms with van der Waals surface area (Å²) < 4.78 is 24.7. The summed E-state index contributed by atoms with van der Waals surface area (Å²) in [5.74, 6) is 0.0997. The van der Waals surface area contributed by atoms with Crippen LogP contribution in [0.15, 0.2) is 40.2 Å². The summed E-state index contributed by atoms with van der Waals surface area (Å²) in [6, 6.07) is 8.95. The van der Waals surface area contributed by atoms with E-state index in [2.05, 4.69) is 15.9 Å². The highest BCUT2D eigenvalue weighted by molar-refractivity contribution is 9.10. The Labute approximate surface area is 154 Å². The van der Waals surface area contributed by atoms with Crippen molar-refractivity contribution < 1.29 is 13.2 Å². The molecule has 3 rings (SSSR count). The number of rotatable bonds is 4. The Morgan fingerprint density at radius 2 is 2.00 bits per heavy atom. The maximum absolute atomic E-state index is 13.0. The molecule has 0 N–H and O–H groups in total. The molecule has 2 heterocycles. The molecule has 4 nitrogen and oxygen atoms in total. The van der Waals surface area contributed by atoms with Gasteiger partial charge in [-0.3, -0.25) is 4.79 Å². The Balaban J connectivity index is 1.90. The molecule has 7 heteroatoms. The summed E-state index contributed by atoms with van der Waals surface area (Å²) in [5, 5.41) is 2.00. The zero-order valence-corrected chi connectivity index (χ0v) is 16.5. The quantitative estimate of drug-likeness (QED) is 0.747. The molecule has 1 aromatic carbocycles. The second-order valence-corrected chi connectivity index (χ2v) is 10.2. The number of sulfone groups is 1. The molecule has 1 amide bonds. The predicted molar refractivity (Wildman–Crippen MR) is 100 cm³/mol. The molecule has 1 fully saturated rings. The van der Waals surface area contributed by atoms with Crippen molar-refractivity contribution in [1.29, 1.82) is 0 Å². The summed E-state index contributed by atoms with van der Waals surface area (Å²) >= 11 is 4.97. The van der Waals surface area contributed by atoms with Crippen LogP contribution in [0.5, 0.6) is 0 Å². The van der Waals surface area contributed by atoms with E-state index in [-0.39, 0.29) is 23.5 Å². The Morgan fingerprint density at radius 3 is 2.54 bits per heavy atom. The number of halogens is 1. The van der Waals surface area contributed by atoms with E-state index in [1.807, 2.05) is 30.5 Å². The van der Waals surface area contributed by atoms with Crippen LogP contribution >= 0.6 is 27.3 Å². The molecule has 1 aliphatic rings. The molecule has 1 saturated heterocycles. The SMILES string of the molecule is Cc1ccsc1CN(C(=O)c1ccc(Br)cc1)[C@H]1CCS(=O)(=O)C1. The minimum absolute atomic E-state index is 0.0552. The Bertz CT molecular complexity index is 843. The normalized spacial score (nSPS) is 19.3. The summed E-state index contributed by atoms with van der Waals surface area (Å²) in [4.78, 5) is 15.8. The van der Waals surface area contributed by atoms with Crippen molar-refractivity contribution in [3.63, 3.8) is 0 Å². The minimum Gasteiger partial charge on any atom is -0.329 e. The molecule has 0 aliphatic carbocycles. The largest absolute Gasteiger partial charge is 0.329 e. The molecule has 0 spiro atoms. The number of nitrogens with zero attached hydrogens (tertiary/aromatic N) is 1. The fourth-order valence-electron chi connectivity index (χ4n) is 2.87. The predicted octanol–water partition coefficient (Wildman–Crippen LogP) is 3.65. The van der Waals surface area contributed by atoms with Gasteiger partial charge in [-0.1, -0.05) is 15.9 Å². The molecular formula is C17H18BrNO3S2. The van der Waals surface area contributed by atoms with Crippen LogP contribution in [0.2, 0.25) is 0 Å². The summed E-state index contributed by atoms with van der Waals surface area (Å²) in [5.41, 5.74) is 1.71. The van der Waals surface area contributed by atoms with Crippen LogP contribution in [-0.2, 0) is 16.4 Å². The van der Waals surface area contributed by atoms with Crippen molar-refractivity contribution in [2.75, 3.05) is 11.5 Å². The van der Waals surface area contributed by atoms with E-state index in [4.69, 9.17) is 0 Å². The van der Waals surface area contributed by atoms with Gasteiger partial charge in [0.05, 0.1) is 18.1 Å². The van der Waals surface area contributed by atoms with Crippen LogP contribution in [0.1, 0.15) is 27.2 Å². The summed E-state index contributed by atoms with van der Waals surface area (Å²) in [7, 11) is -3.05. The lowest BCUT2D eigenvalue weighted by molar-refractivity contribution is 0.0683. The van der Waals surface area contributed by atoms with Crippen LogP contribution < -0.4 is 0 Å². The van der Waals surface area contributed by atoms with E-state index in [1.165, 1.54) is 0 Å². The average molecular weight is 428 g/mol. The van der Waals surface area contributed by atoms with Crippen LogP contribution in [0.3, 0.4) is 0 Å². The van der Waals surface area contributed by atoms with Gasteiger partial charge in [0.1, 0.15) is 0 Å². The number of hydrogen-bond acceptors (Lipinski definition) is 4. The number of benzene rings is 1. The van der Waals surface area contributed by atoms with Crippen LogP contribution in [0, 0.1) is 6.92 Å². The van der Waals surface area contributed by atoms with Crippen molar-refractivity contribution in [3.05, 3.63) is 56.2 Å². The van der Waals surface area contributed by atoms with E-state index in [0.717, 1.165) is 14.9 Å². The number of aryl methyl sites for hydroxylation is 1. The van der Waals surface area contributed by atoms with Gasteiger partial charge < -0.3 is 4.90 Å². The van der Waals surface area contributed by atoms with Crippen molar-refractivity contribution in [3.8, 4) is 0 Å². The molecule has 0 saturated carbocycles. The van der Waals surface area contributed by atoms with Gasteiger partial charge in [0.25, 0.3) is 5.91 Å². The molecule has 2 aromatic rings. The highest BCUT2D eigenvalue weighted by Crippen LogP contribution is 2.26. The van der Waals surface area contributed by atoms with Gasteiger partial charge in [0.15, 0.2) is 9.84 Å². The Hall–Kier alpha value is -1.18. The van der Waals surface area contributed by atoms with Gasteiger partial charge in [-0.25, -0.2) is 8.42 Å². The van der Waals surface area contributed by atoms with Crippen LogP contribution in [0.4, 0.5) is 0 Å². The van der Waals surface area contributed by atoms with E-state index in [9.17, 15) is 13.2 Å². The lowest BCUT2D eigenvalue weighted by Crippen LogP contribution is -2.40. The fraction of sp³-hybridized carbons (Fsp3) is 0.353. The molecule has 1 atom stereocenters. The Kier molecular flexibility index (Phi) is 5.13.